The molecule has 0 saturated heterocycles. The van der Waals surface area contributed by atoms with Crippen molar-refractivity contribution in [1.82, 2.24) is 0 Å². The van der Waals surface area contributed by atoms with Gasteiger partial charge in [-0.2, -0.15) is 0 Å². The third-order valence-corrected chi connectivity index (χ3v) is 9.58. The van der Waals surface area contributed by atoms with Crippen LogP contribution in [-0.4, -0.2) is 33.3 Å². The van der Waals surface area contributed by atoms with E-state index in [4.69, 9.17) is 9.16 Å². The SMILES string of the molecule is COC(=O)C1=C[C@H](CCCC(C)=O)[C@@H](O[Si](C)(C)C(C)(C)C)C1. The van der Waals surface area contributed by atoms with Gasteiger partial charge in [-0.05, 0) is 37.9 Å². The first kappa shape index (κ1) is 20.1. The van der Waals surface area contributed by atoms with Gasteiger partial charge in [0.2, 0.25) is 0 Å². The largest absolute Gasteiger partial charge is 0.466 e. The van der Waals surface area contributed by atoms with Crippen molar-refractivity contribution in [2.24, 2.45) is 5.92 Å². The van der Waals surface area contributed by atoms with Gasteiger partial charge in [-0.25, -0.2) is 4.79 Å². The van der Waals surface area contributed by atoms with Gasteiger partial charge in [0.15, 0.2) is 8.32 Å². The summed E-state index contributed by atoms with van der Waals surface area (Å²) in [5.41, 5.74) is 0.712. The molecule has 0 aliphatic heterocycles. The van der Waals surface area contributed by atoms with Crippen molar-refractivity contribution in [2.45, 2.75) is 77.6 Å². The van der Waals surface area contributed by atoms with Crippen LogP contribution in [0.25, 0.3) is 0 Å². The summed E-state index contributed by atoms with van der Waals surface area (Å²) in [6.45, 7) is 12.7. The molecule has 132 valence electrons. The summed E-state index contributed by atoms with van der Waals surface area (Å²) >= 11 is 0. The smallest absolute Gasteiger partial charge is 0.333 e. The minimum atomic E-state index is -1.90. The van der Waals surface area contributed by atoms with Gasteiger partial charge in [-0.1, -0.05) is 26.8 Å². The van der Waals surface area contributed by atoms with Crippen LogP contribution in [0.3, 0.4) is 0 Å². The molecule has 0 radical (unpaired) electrons. The normalized spacial score (nSPS) is 22.0. The van der Waals surface area contributed by atoms with Crippen LogP contribution in [-0.2, 0) is 18.8 Å². The first-order chi connectivity index (χ1) is 10.5. The Balaban J connectivity index is 2.83. The summed E-state index contributed by atoms with van der Waals surface area (Å²) in [7, 11) is -0.487. The molecule has 0 N–H and O–H groups in total. The van der Waals surface area contributed by atoms with Crippen molar-refractivity contribution in [3.8, 4) is 0 Å². The van der Waals surface area contributed by atoms with Gasteiger partial charge in [-0.3, -0.25) is 0 Å². The highest BCUT2D eigenvalue weighted by Crippen LogP contribution is 2.41. The van der Waals surface area contributed by atoms with Gasteiger partial charge in [0.1, 0.15) is 5.78 Å². The fourth-order valence-electron chi connectivity index (χ4n) is 2.62. The lowest BCUT2D eigenvalue weighted by atomic mass is 9.98. The van der Waals surface area contributed by atoms with Crippen molar-refractivity contribution < 1.29 is 18.8 Å². The molecule has 0 aromatic rings. The molecule has 0 bridgehead atoms. The zero-order valence-electron chi connectivity index (χ0n) is 15.7. The Morgan fingerprint density at radius 3 is 2.39 bits per heavy atom. The van der Waals surface area contributed by atoms with Crippen molar-refractivity contribution in [1.29, 1.82) is 0 Å². The minimum Gasteiger partial charge on any atom is -0.466 e. The highest BCUT2D eigenvalue weighted by Gasteiger charge is 2.42. The molecule has 0 aromatic heterocycles. The predicted octanol–water partition coefficient (Wildman–Crippen LogP) is 4.26. The average Bonchev–Trinajstić information content (AvgIpc) is 2.78. The summed E-state index contributed by atoms with van der Waals surface area (Å²) in [5, 5.41) is 0.130. The molecule has 0 amide bonds. The molecule has 0 heterocycles. The van der Waals surface area contributed by atoms with E-state index in [2.05, 4.69) is 33.9 Å². The number of carbonyl (C=O) groups excluding carboxylic acids is 2. The molecule has 23 heavy (non-hydrogen) atoms. The standard InChI is InChI=1S/C18H32O4Si/c1-13(19)9-8-10-14-11-15(17(20)21-5)12-16(14)22-23(6,7)18(2,3)4/h11,14,16H,8-10,12H2,1-7H3/t14-,16-/m0/s1. The Bertz CT molecular complexity index is 474. The molecule has 1 aliphatic carbocycles. The fourth-order valence-corrected chi connectivity index (χ4v) is 3.99. The maximum Gasteiger partial charge on any atom is 0.333 e. The molecule has 2 atom stereocenters. The van der Waals surface area contributed by atoms with Gasteiger partial charge in [-0.15, -0.1) is 0 Å². The quantitative estimate of drug-likeness (QED) is 0.513. The van der Waals surface area contributed by atoms with Crippen LogP contribution >= 0.6 is 0 Å². The van der Waals surface area contributed by atoms with E-state index in [0.717, 1.165) is 12.8 Å². The van der Waals surface area contributed by atoms with Crippen LogP contribution in [0, 0.1) is 5.92 Å². The van der Waals surface area contributed by atoms with Gasteiger partial charge < -0.3 is 14.0 Å². The highest BCUT2D eigenvalue weighted by atomic mass is 28.4. The van der Waals surface area contributed by atoms with Gasteiger partial charge >= 0.3 is 5.97 Å². The summed E-state index contributed by atoms with van der Waals surface area (Å²) in [6.07, 6.45) is 4.94. The van der Waals surface area contributed by atoms with Crippen LogP contribution in [0.15, 0.2) is 11.6 Å². The van der Waals surface area contributed by atoms with E-state index < -0.39 is 8.32 Å². The van der Waals surface area contributed by atoms with E-state index in [0.29, 0.717) is 18.4 Å². The number of Topliss-reactive ketones (excluding diaryl/α,β-unsaturated/α-hetero) is 1. The number of rotatable bonds is 7. The van der Waals surface area contributed by atoms with E-state index in [1.54, 1.807) is 6.92 Å². The number of hydrogen-bond acceptors (Lipinski definition) is 4. The summed E-state index contributed by atoms with van der Waals surface area (Å²) in [6, 6.07) is 0. The molecule has 1 aliphatic rings. The van der Waals surface area contributed by atoms with Crippen molar-refractivity contribution >= 4 is 20.1 Å². The number of ketones is 1. The maximum absolute atomic E-state index is 11.9. The van der Waals surface area contributed by atoms with Crippen molar-refractivity contribution in [3.05, 3.63) is 11.6 Å². The first-order valence-corrected chi connectivity index (χ1v) is 11.3. The Kier molecular flexibility index (Phi) is 6.78. The number of hydrogen-bond donors (Lipinski definition) is 0. The van der Waals surface area contributed by atoms with Crippen molar-refractivity contribution in [2.75, 3.05) is 7.11 Å². The molecule has 0 spiro atoms. The number of carbonyl (C=O) groups is 2. The van der Waals surface area contributed by atoms with E-state index in [9.17, 15) is 9.59 Å². The third kappa shape index (κ3) is 5.57. The van der Waals surface area contributed by atoms with E-state index in [-0.39, 0.29) is 28.8 Å². The third-order valence-electron chi connectivity index (χ3n) is 5.08. The molecule has 1 rings (SSSR count). The summed E-state index contributed by atoms with van der Waals surface area (Å²) < 4.78 is 11.4. The van der Waals surface area contributed by atoms with Gasteiger partial charge in [0, 0.05) is 24.3 Å². The molecule has 5 heteroatoms. The summed E-state index contributed by atoms with van der Waals surface area (Å²) in [5.74, 6) is 0.141. The Hall–Kier alpha value is -0.943. The van der Waals surface area contributed by atoms with Crippen LogP contribution in [0.2, 0.25) is 18.1 Å². The molecular formula is C18H32O4Si. The zero-order valence-corrected chi connectivity index (χ0v) is 16.7. The Morgan fingerprint density at radius 2 is 1.91 bits per heavy atom. The number of methoxy groups -OCH3 is 1. The monoisotopic (exact) mass is 340 g/mol. The van der Waals surface area contributed by atoms with Crippen LogP contribution < -0.4 is 0 Å². The van der Waals surface area contributed by atoms with Gasteiger partial charge in [0.05, 0.1) is 13.2 Å². The molecule has 0 aromatic carbocycles. The van der Waals surface area contributed by atoms with E-state index in [1.165, 1.54) is 7.11 Å². The topological polar surface area (TPSA) is 52.6 Å². The number of ether oxygens (including phenoxy) is 1. The Morgan fingerprint density at radius 1 is 1.30 bits per heavy atom. The highest BCUT2D eigenvalue weighted by molar-refractivity contribution is 6.74. The summed E-state index contributed by atoms with van der Waals surface area (Å²) in [4.78, 5) is 23.0. The van der Waals surface area contributed by atoms with Crippen LogP contribution in [0.4, 0.5) is 0 Å². The van der Waals surface area contributed by atoms with E-state index >= 15 is 0 Å². The van der Waals surface area contributed by atoms with E-state index in [1.807, 2.05) is 6.08 Å². The van der Waals surface area contributed by atoms with Crippen molar-refractivity contribution in [3.63, 3.8) is 0 Å². The predicted molar refractivity (Wildman–Crippen MR) is 94.8 cm³/mol. The molecular weight excluding hydrogens is 308 g/mol. The average molecular weight is 341 g/mol. The molecule has 0 fully saturated rings. The second-order valence-corrected chi connectivity index (χ2v) is 12.8. The second kappa shape index (κ2) is 7.75. The zero-order chi connectivity index (χ0) is 17.8. The number of esters is 1. The lowest BCUT2D eigenvalue weighted by molar-refractivity contribution is -0.136. The van der Waals surface area contributed by atoms with Crippen LogP contribution in [0.5, 0.6) is 0 Å². The minimum absolute atomic E-state index is 0.0250. The lowest BCUT2D eigenvalue weighted by Gasteiger charge is -2.40. The fraction of sp³-hybridized carbons (Fsp3) is 0.778. The second-order valence-electron chi connectivity index (χ2n) is 8.06. The lowest BCUT2D eigenvalue weighted by Crippen LogP contribution is -2.45. The van der Waals surface area contributed by atoms with Crippen LogP contribution in [0.1, 0.15) is 53.4 Å². The first-order valence-electron chi connectivity index (χ1n) is 8.44. The van der Waals surface area contributed by atoms with Gasteiger partial charge in [0.25, 0.3) is 0 Å². The Labute approximate surface area is 141 Å². The maximum atomic E-state index is 11.9. The molecule has 4 nitrogen and oxygen atoms in total. The molecule has 0 saturated carbocycles. The molecule has 0 unspecified atom stereocenters.